The van der Waals surface area contributed by atoms with Crippen molar-refractivity contribution in [2.24, 2.45) is 4.99 Å². The summed E-state index contributed by atoms with van der Waals surface area (Å²) < 4.78 is 0. The van der Waals surface area contributed by atoms with Gasteiger partial charge in [-0.3, -0.25) is 9.79 Å². The van der Waals surface area contributed by atoms with Gasteiger partial charge in [-0.2, -0.15) is 0 Å². The number of aryl methyl sites for hydroxylation is 2. The Labute approximate surface area is 129 Å². The first-order chi connectivity index (χ1) is 10.5. The minimum atomic E-state index is -0.167. The maximum atomic E-state index is 12.5. The van der Waals surface area contributed by atoms with Crippen molar-refractivity contribution in [1.82, 2.24) is 0 Å². The predicted molar refractivity (Wildman–Crippen MR) is 89.0 cm³/mol. The fourth-order valence-corrected chi connectivity index (χ4v) is 2.77. The Balaban J connectivity index is 2.06. The highest BCUT2D eigenvalue weighted by Gasteiger charge is 2.30. The number of fused-ring (bicyclic) bond motifs is 1. The van der Waals surface area contributed by atoms with E-state index in [0.29, 0.717) is 22.4 Å². The molecule has 0 fully saturated rings. The minimum absolute atomic E-state index is 0.0200. The van der Waals surface area contributed by atoms with Gasteiger partial charge in [0.1, 0.15) is 5.76 Å². The SMILES string of the molecule is CC(=Nc1ccc(C)cc1C)C1=C(O)c2ccccc2C1=O. The lowest BCUT2D eigenvalue weighted by atomic mass is 10.1. The van der Waals surface area contributed by atoms with E-state index in [1.807, 2.05) is 38.1 Å². The number of aliphatic hydroxyl groups excluding tert-OH is 1. The average Bonchev–Trinajstić information content (AvgIpc) is 2.74. The van der Waals surface area contributed by atoms with Gasteiger partial charge >= 0.3 is 0 Å². The normalized spacial score (nSPS) is 14.5. The van der Waals surface area contributed by atoms with Crippen molar-refractivity contribution in [1.29, 1.82) is 0 Å². The van der Waals surface area contributed by atoms with Crippen LogP contribution < -0.4 is 0 Å². The second kappa shape index (κ2) is 5.26. The Morgan fingerprint density at radius 3 is 2.36 bits per heavy atom. The van der Waals surface area contributed by atoms with Crippen LogP contribution in [0.3, 0.4) is 0 Å². The number of carbonyl (C=O) groups excluding carboxylic acids is 1. The molecular formula is C19H17NO2. The summed E-state index contributed by atoms with van der Waals surface area (Å²) >= 11 is 0. The lowest BCUT2D eigenvalue weighted by Crippen LogP contribution is -2.07. The summed E-state index contributed by atoms with van der Waals surface area (Å²) in [5.41, 5.74) is 4.96. The van der Waals surface area contributed by atoms with Crippen LogP contribution in [0.4, 0.5) is 5.69 Å². The molecule has 3 rings (SSSR count). The quantitative estimate of drug-likeness (QED) is 0.824. The predicted octanol–water partition coefficient (Wildman–Crippen LogP) is 4.56. The first-order valence-corrected chi connectivity index (χ1v) is 7.19. The van der Waals surface area contributed by atoms with Gasteiger partial charge in [-0.05, 0) is 32.4 Å². The van der Waals surface area contributed by atoms with E-state index in [9.17, 15) is 9.90 Å². The zero-order valence-electron chi connectivity index (χ0n) is 12.8. The van der Waals surface area contributed by atoms with E-state index in [1.165, 1.54) is 5.56 Å². The van der Waals surface area contributed by atoms with Crippen LogP contribution in [0.5, 0.6) is 0 Å². The molecule has 1 N–H and O–H groups in total. The van der Waals surface area contributed by atoms with Crippen LogP contribution in [0.1, 0.15) is 34.0 Å². The van der Waals surface area contributed by atoms with Gasteiger partial charge in [0.15, 0.2) is 5.78 Å². The van der Waals surface area contributed by atoms with Gasteiger partial charge in [-0.15, -0.1) is 0 Å². The third-order valence-corrected chi connectivity index (χ3v) is 3.89. The molecule has 0 heterocycles. The molecule has 1 aliphatic rings. The highest BCUT2D eigenvalue weighted by molar-refractivity contribution is 6.35. The van der Waals surface area contributed by atoms with Crippen LogP contribution in [0.15, 0.2) is 53.0 Å². The van der Waals surface area contributed by atoms with Crippen LogP contribution in [0, 0.1) is 13.8 Å². The summed E-state index contributed by atoms with van der Waals surface area (Å²) in [6, 6.07) is 13.0. The number of aliphatic hydroxyl groups is 1. The van der Waals surface area contributed by atoms with E-state index in [-0.39, 0.29) is 11.5 Å². The van der Waals surface area contributed by atoms with Crippen molar-refractivity contribution in [2.45, 2.75) is 20.8 Å². The van der Waals surface area contributed by atoms with Crippen molar-refractivity contribution in [2.75, 3.05) is 0 Å². The average molecular weight is 291 g/mol. The number of aliphatic imine (C=N–C) groups is 1. The first-order valence-electron chi connectivity index (χ1n) is 7.19. The summed E-state index contributed by atoms with van der Waals surface area (Å²) in [6.07, 6.45) is 0. The van der Waals surface area contributed by atoms with Crippen molar-refractivity contribution < 1.29 is 9.90 Å². The molecule has 110 valence electrons. The molecule has 3 nitrogen and oxygen atoms in total. The number of ketones is 1. The Hall–Kier alpha value is -2.68. The molecule has 0 radical (unpaired) electrons. The summed E-state index contributed by atoms with van der Waals surface area (Å²) in [5, 5.41) is 10.4. The summed E-state index contributed by atoms with van der Waals surface area (Å²) in [5.74, 6) is -0.147. The van der Waals surface area contributed by atoms with Crippen LogP contribution in [0.25, 0.3) is 5.76 Å². The van der Waals surface area contributed by atoms with Crippen molar-refractivity contribution in [3.8, 4) is 0 Å². The number of hydrogen-bond donors (Lipinski definition) is 1. The molecule has 22 heavy (non-hydrogen) atoms. The molecular weight excluding hydrogens is 274 g/mol. The standard InChI is InChI=1S/C19H17NO2/c1-11-8-9-16(12(2)10-11)20-13(3)17-18(21)14-6-4-5-7-15(14)19(17)22/h4-10,21H,1-3H3. The van der Waals surface area contributed by atoms with E-state index in [4.69, 9.17) is 0 Å². The molecule has 0 aliphatic heterocycles. The molecule has 3 heteroatoms. The maximum absolute atomic E-state index is 12.5. The van der Waals surface area contributed by atoms with Gasteiger partial charge in [-0.25, -0.2) is 0 Å². The molecule has 0 amide bonds. The van der Waals surface area contributed by atoms with Crippen molar-refractivity contribution in [3.63, 3.8) is 0 Å². The van der Waals surface area contributed by atoms with Crippen LogP contribution in [-0.4, -0.2) is 16.6 Å². The van der Waals surface area contributed by atoms with Crippen molar-refractivity contribution in [3.05, 3.63) is 70.3 Å². The monoisotopic (exact) mass is 291 g/mol. The Kier molecular flexibility index (Phi) is 3.41. The number of Topliss-reactive ketones (excluding diaryl/α,β-unsaturated/α-hetero) is 1. The Morgan fingerprint density at radius 1 is 1.05 bits per heavy atom. The molecule has 0 saturated carbocycles. The lowest BCUT2D eigenvalue weighted by molar-refractivity contribution is 0.104. The van der Waals surface area contributed by atoms with E-state index < -0.39 is 0 Å². The minimum Gasteiger partial charge on any atom is -0.506 e. The van der Waals surface area contributed by atoms with Crippen LogP contribution in [0.2, 0.25) is 0 Å². The molecule has 0 saturated heterocycles. The molecule has 0 aromatic heterocycles. The number of rotatable bonds is 2. The van der Waals surface area contributed by atoms with Crippen molar-refractivity contribution >= 4 is 22.9 Å². The topological polar surface area (TPSA) is 49.7 Å². The van der Waals surface area contributed by atoms with E-state index in [1.54, 1.807) is 25.1 Å². The summed E-state index contributed by atoms with van der Waals surface area (Å²) in [6.45, 7) is 5.77. The number of carbonyl (C=O) groups is 1. The highest BCUT2D eigenvalue weighted by Crippen LogP contribution is 2.32. The van der Waals surface area contributed by atoms with E-state index >= 15 is 0 Å². The molecule has 2 aromatic rings. The fourth-order valence-electron chi connectivity index (χ4n) is 2.77. The zero-order valence-corrected chi connectivity index (χ0v) is 12.8. The van der Waals surface area contributed by atoms with Gasteiger partial charge in [0, 0.05) is 11.1 Å². The second-order valence-electron chi connectivity index (χ2n) is 5.59. The molecule has 0 bridgehead atoms. The highest BCUT2D eigenvalue weighted by atomic mass is 16.3. The number of nitrogens with zero attached hydrogens (tertiary/aromatic N) is 1. The van der Waals surface area contributed by atoms with Crippen LogP contribution in [-0.2, 0) is 0 Å². The molecule has 0 unspecified atom stereocenters. The third kappa shape index (κ3) is 2.25. The van der Waals surface area contributed by atoms with Gasteiger partial charge in [0.2, 0.25) is 0 Å². The Morgan fingerprint density at radius 2 is 1.73 bits per heavy atom. The molecule has 0 atom stereocenters. The summed E-state index contributed by atoms with van der Waals surface area (Å²) in [7, 11) is 0. The maximum Gasteiger partial charge on any atom is 0.199 e. The number of hydrogen-bond acceptors (Lipinski definition) is 3. The van der Waals surface area contributed by atoms with E-state index in [2.05, 4.69) is 4.99 Å². The zero-order chi connectivity index (χ0) is 15.9. The number of benzene rings is 2. The second-order valence-corrected chi connectivity index (χ2v) is 5.59. The fraction of sp³-hybridized carbons (Fsp3) is 0.158. The number of allylic oxidation sites excluding steroid dienone is 1. The smallest absolute Gasteiger partial charge is 0.199 e. The van der Waals surface area contributed by atoms with E-state index in [0.717, 1.165) is 11.3 Å². The van der Waals surface area contributed by atoms with Gasteiger partial charge in [0.05, 0.1) is 17.0 Å². The third-order valence-electron chi connectivity index (χ3n) is 3.89. The molecule has 1 aliphatic carbocycles. The molecule has 2 aromatic carbocycles. The van der Waals surface area contributed by atoms with Gasteiger partial charge < -0.3 is 5.11 Å². The Bertz CT molecular complexity index is 844. The molecule has 0 spiro atoms. The largest absolute Gasteiger partial charge is 0.506 e. The van der Waals surface area contributed by atoms with Gasteiger partial charge in [-0.1, -0.05) is 42.0 Å². The van der Waals surface area contributed by atoms with Gasteiger partial charge in [0.25, 0.3) is 0 Å². The summed E-state index contributed by atoms with van der Waals surface area (Å²) in [4.78, 5) is 17.0. The van der Waals surface area contributed by atoms with Crippen LogP contribution >= 0.6 is 0 Å². The lowest BCUT2D eigenvalue weighted by Gasteiger charge is -2.05. The first kappa shape index (κ1) is 14.3.